The Morgan fingerprint density at radius 3 is 2.56 bits per heavy atom. The number of anilines is 1. The summed E-state index contributed by atoms with van der Waals surface area (Å²) in [6.45, 7) is 2.25. The molecule has 3 nitrogen and oxygen atoms in total. The number of hydrogen-bond acceptors (Lipinski definition) is 3. The van der Waals surface area contributed by atoms with Gasteiger partial charge in [0.25, 0.3) is 0 Å². The third kappa shape index (κ3) is 2.68. The van der Waals surface area contributed by atoms with Gasteiger partial charge in [0.05, 0.1) is 0 Å². The fraction of sp³-hybridized carbons (Fsp3) is 0.143. The zero-order valence-corrected chi connectivity index (χ0v) is 10.7. The van der Waals surface area contributed by atoms with Crippen LogP contribution in [0.25, 0.3) is 0 Å². The molecule has 2 rings (SSSR count). The average Bonchev–Trinajstić information content (AvgIpc) is 2.33. The lowest BCUT2D eigenvalue weighted by molar-refractivity contribution is 0.468. The highest BCUT2D eigenvalue weighted by Gasteiger charge is 2.06. The number of nitrogens with one attached hydrogen (secondary N) is 1. The Morgan fingerprint density at radius 1 is 1.11 bits per heavy atom. The van der Waals surface area contributed by atoms with Crippen molar-refractivity contribution in [1.82, 2.24) is 0 Å². The SMILES string of the molecule is Cc1cc(NCc2c(O)cccc2Cl)ccc1O. The van der Waals surface area contributed by atoms with E-state index in [1.807, 2.05) is 13.0 Å². The molecule has 0 saturated heterocycles. The second-order valence-electron chi connectivity index (χ2n) is 4.09. The number of aryl methyl sites for hydroxylation is 1. The van der Waals surface area contributed by atoms with Crippen LogP contribution in [0.15, 0.2) is 36.4 Å². The summed E-state index contributed by atoms with van der Waals surface area (Å²) in [5.74, 6) is 0.437. The van der Waals surface area contributed by atoms with E-state index in [1.54, 1.807) is 30.3 Å². The van der Waals surface area contributed by atoms with Gasteiger partial charge in [0.15, 0.2) is 0 Å². The van der Waals surface area contributed by atoms with Gasteiger partial charge in [-0.05, 0) is 42.8 Å². The Bertz CT molecular complexity index is 549. The number of halogens is 1. The summed E-state index contributed by atoms with van der Waals surface area (Å²) in [6.07, 6.45) is 0. The Morgan fingerprint density at radius 2 is 1.89 bits per heavy atom. The van der Waals surface area contributed by atoms with E-state index in [2.05, 4.69) is 5.32 Å². The van der Waals surface area contributed by atoms with Gasteiger partial charge in [-0.1, -0.05) is 17.7 Å². The maximum atomic E-state index is 9.70. The normalized spacial score (nSPS) is 10.3. The van der Waals surface area contributed by atoms with Crippen LogP contribution in [0.3, 0.4) is 0 Å². The molecule has 2 aromatic rings. The Balaban J connectivity index is 2.14. The highest BCUT2D eigenvalue weighted by Crippen LogP contribution is 2.27. The minimum Gasteiger partial charge on any atom is -0.508 e. The number of hydrogen-bond donors (Lipinski definition) is 3. The lowest BCUT2D eigenvalue weighted by Crippen LogP contribution is -2.00. The summed E-state index contributed by atoms with van der Waals surface area (Å²) in [5, 5.41) is 22.8. The van der Waals surface area contributed by atoms with Gasteiger partial charge < -0.3 is 15.5 Å². The van der Waals surface area contributed by atoms with E-state index in [-0.39, 0.29) is 11.5 Å². The van der Waals surface area contributed by atoms with E-state index < -0.39 is 0 Å². The first kappa shape index (κ1) is 12.6. The number of aromatic hydroxyl groups is 2. The third-order valence-corrected chi connectivity index (χ3v) is 3.11. The molecule has 18 heavy (non-hydrogen) atoms. The summed E-state index contributed by atoms with van der Waals surface area (Å²) in [5.41, 5.74) is 2.32. The molecule has 2 aromatic carbocycles. The molecule has 0 heterocycles. The van der Waals surface area contributed by atoms with E-state index in [0.29, 0.717) is 17.1 Å². The molecule has 0 aromatic heterocycles. The van der Waals surface area contributed by atoms with Crippen LogP contribution in [-0.4, -0.2) is 10.2 Å². The average molecular weight is 264 g/mol. The molecule has 94 valence electrons. The van der Waals surface area contributed by atoms with Crippen molar-refractivity contribution in [3.05, 3.63) is 52.5 Å². The predicted octanol–water partition coefficient (Wildman–Crippen LogP) is 3.67. The van der Waals surface area contributed by atoms with Crippen LogP contribution in [0.2, 0.25) is 5.02 Å². The predicted molar refractivity (Wildman–Crippen MR) is 73.3 cm³/mol. The molecule has 0 bridgehead atoms. The van der Waals surface area contributed by atoms with Gasteiger partial charge in [0, 0.05) is 22.8 Å². The van der Waals surface area contributed by atoms with Gasteiger partial charge in [-0.15, -0.1) is 0 Å². The van der Waals surface area contributed by atoms with Crippen molar-refractivity contribution >= 4 is 17.3 Å². The summed E-state index contributed by atoms with van der Waals surface area (Å²) >= 11 is 6.01. The monoisotopic (exact) mass is 263 g/mol. The van der Waals surface area contributed by atoms with E-state index in [0.717, 1.165) is 11.3 Å². The highest BCUT2D eigenvalue weighted by atomic mass is 35.5. The summed E-state index contributed by atoms with van der Waals surface area (Å²) in [4.78, 5) is 0. The van der Waals surface area contributed by atoms with Crippen LogP contribution in [-0.2, 0) is 6.54 Å². The smallest absolute Gasteiger partial charge is 0.122 e. The fourth-order valence-electron chi connectivity index (χ4n) is 1.68. The minimum absolute atomic E-state index is 0.172. The maximum Gasteiger partial charge on any atom is 0.122 e. The third-order valence-electron chi connectivity index (χ3n) is 2.76. The van der Waals surface area contributed by atoms with Crippen molar-refractivity contribution in [1.29, 1.82) is 0 Å². The van der Waals surface area contributed by atoms with Crippen molar-refractivity contribution in [2.24, 2.45) is 0 Å². The second kappa shape index (κ2) is 5.19. The molecule has 0 aliphatic rings. The molecular weight excluding hydrogens is 250 g/mol. The van der Waals surface area contributed by atoms with Gasteiger partial charge in [-0.2, -0.15) is 0 Å². The van der Waals surface area contributed by atoms with E-state index >= 15 is 0 Å². The molecule has 0 unspecified atom stereocenters. The molecule has 0 atom stereocenters. The van der Waals surface area contributed by atoms with Gasteiger partial charge in [0.1, 0.15) is 11.5 Å². The number of phenolic OH excluding ortho intramolecular Hbond substituents is 2. The molecule has 4 heteroatoms. The van der Waals surface area contributed by atoms with E-state index in [4.69, 9.17) is 11.6 Å². The molecule has 0 spiro atoms. The Hall–Kier alpha value is -1.87. The van der Waals surface area contributed by atoms with E-state index in [9.17, 15) is 10.2 Å². The van der Waals surface area contributed by atoms with Crippen molar-refractivity contribution in [2.45, 2.75) is 13.5 Å². The quantitative estimate of drug-likeness (QED) is 0.741. The zero-order valence-electron chi connectivity index (χ0n) is 9.94. The van der Waals surface area contributed by atoms with Crippen molar-refractivity contribution in [2.75, 3.05) is 5.32 Å². The maximum absolute atomic E-state index is 9.70. The first-order valence-corrected chi connectivity index (χ1v) is 5.95. The Kier molecular flexibility index (Phi) is 3.63. The standard InChI is InChI=1S/C14H14ClNO2/c1-9-7-10(5-6-13(9)17)16-8-11-12(15)3-2-4-14(11)18/h2-7,16-18H,8H2,1H3. The molecule has 0 amide bonds. The topological polar surface area (TPSA) is 52.5 Å². The minimum atomic E-state index is 0.172. The largest absolute Gasteiger partial charge is 0.508 e. The van der Waals surface area contributed by atoms with Crippen LogP contribution >= 0.6 is 11.6 Å². The number of phenols is 2. The number of rotatable bonds is 3. The van der Waals surface area contributed by atoms with Crippen molar-refractivity contribution in [3.63, 3.8) is 0 Å². The van der Waals surface area contributed by atoms with Gasteiger partial charge in [-0.3, -0.25) is 0 Å². The highest BCUT2D eigenvalue weighted by molar-refractivity contribution is 6.31. The zero-order chi connectivity index (χ0) is 13.1. The summed E-state index contributed by atoms with van der Waals surface area (Å²) in [7, 11) is 0. The van der Waals surface area contributed by atoms with Crippen molar-refractivity contribution in [3.8, 4) is 11.5 Å². The van der Waals surface area contributed by atoms with Gasteiger partial charge >= 0.3 is 0 Å². The van der Waals surface area contributed by atoms with Gasteiger partial charge in [0.2, 0.25) is 0 Å². The lowest BCUT2D eigenvalue weighted by atomic mass is 10.1. The second-order valence-corrected chi connectivity index (χ2v) is 4.50. The molecule has 0 aliphatic heterocycles. The molecule has 0 aliphatic carbocycles. The summed E-state index contributed by atoms with van der Waals surface area (Å²) in [6, 6.07) is 10.3. The number of benzene rings is 2. The van der Waals surface area contributed by atoms with Crippen LogP contribution < -0.4 is 5.32 Å². The molecule has 3 N–H and O–H groups in total. The molecule has 0 radical (unpaired) electrons. The van der Waals surface area contributed by atoms with Crippen LogP contribution in [0.1, 0.15) is 11.1 Å². The Labute approximate surface area is 111 Å². The fourth-order valence-corrected chi connectivity index (χ4v) is 1.91. The molecular formula is C14H14ClNO2. The van der Waals surface area contributed by atoms with Crippen LogP contribution in [0.4, 0.5) is 5.69 Å². The first-order chi connectivity index (χ1) is 8.58. The lowest BCUT2D eigenvalue weighted by Gasteiger charge is -2.10. The van der Waals surface area contributed by atoms with Crippen LogP contribution in [0.5, 0.6) is 11.5 Å². The van der Waals surface area contributed by atoms with Crippen LogP contribution in [0, 0.1) is 6.92 Å². The molecule has 0 saturated carbocycles. The van der Waals surface area contributed by atoms with Gasteiger partial charge in [-0.25, -0.2) is 0 Å². The summed E-state index contributed by atoms with van der Waals surface area (Å²) < 4.78 is 0. The first-order valence-electron chi connectivity index (χ1n) is 5.58. The van der Waals surface area contributed by atoms with Crippen molar-refractivity contribution < 1.29 is 10.2 Å². The molecule has 0 fully saturated rings. The van der Waals surface area contributed by atoms with E-state index in [1.165, 1.54) is 0 Å².